The van der Waals surface area contributed by atoms with E-state index in [-0.39, 0.29) is 28.9 Å². The normalized spacial score (nSPS) is 22.6. The van der Waals surface area contributed by atoms with E-state index in [1.54, 1.807) is 18.2 Å². The number of methoxy groups -OCH3 is 1. The van der Waals surface area contributed by atoms with Gasteiger partial charge in [-0.2, -0.15) is 5.10 Å². The van der Waals surface area contributed by atoms with Crippen LogP contribution in [0.15, 0.2) is 35.2 Å². The molecular weight excluding hydrogens is 442 g/mol. The fourth-order valence-corrected chi connectivity index (χ4v) is 6.62. The minimum atomic E-state index is -3.75. The zero-order valence-corrected chi connectivity index (χ0v) is 19.1. The van der Waals surface area contributed by atoms with Gasteiger partial charge in [-0.25, -0.2) is 17.9 Å². The predicted molar refractivity (Wildman–Crippen MR) is 116 cm³/mol. The van der Waals surface area contributed by atoms with Crippen molar-refractivity contribution < 1.29 is 22.7 Å². The number of carbonyl (C=O) groups excluding carboxylic acids is 1. The summed E-state index contributed by atoms with van der Waals surface area (Å²) in [6.45, 7) is 3.34. The van der Waals surface area contributed by atoms with Gasteiger partial charge in [0.15, 0.2) is 9.84 Å². The van der Waals surface area contributed by atoms with Gasteiger partial charge in [0, 0.05) is 25.8 Å². The average Bonchev–Trinajstić information content (AvgIpc) is 3.38. The minimum Gasteiger partial charge on any atom is -0.467 e. The number of benzene rings is 1. The van der Waals surface area contributed by atoms with Crippen LogP contribution >= 0.6 is 11.6 Å². The van der Waals surface area contributed by atoms with Crippen molar-refractivity contribution in [2.75, 3.05) is 31.8 Å². The second kappa shape index (κ2) is 8.80. The first-order chi connectivity index (χ1) is 14.8. The quantitative estimate of drug-likeness (QED) is 0.624. The molecule has 0 bridgehead atoms. The van der Waals surface area contributed by atoms with Crippen molar-refractivity contribution in [2.24, 2.45) is 0 Å². The first-order valence-corrected chi connectivity index (χ1v) is 12.2. The lowest BCUT2D eigenvalue weighted by Crippen LogP contribution is -2.39. The van der Waals surface area contributed by atoms with Crippen LogP contribution < -0.4 is 4.90 Å². The highest BCUT2D eigenvalue weighted by molar-refractivity contribution is 7.92. The Morgan fingerprint density at radius 1 is 1.26 bits per heavy atom. The number of ether oxygens (including phenoxy) is 2. The fraction of sp³-hybridized carbons (Fsp3) is 0.524. The van der Waals surface area contributed by atoms with Crippen molar-refractivity contribution in [2.45, 2.75) is 48.4 Å². The van der Waals surface area contributed by atoms with Gasteiger partial charge in [0.2, 0.25) is 0 Å². The van der Waals surface area contributed by atoms with E-state index in [9.17, 15) is 13.2 Å². The topological polar surface area (TPSA) is 90.7 Å². The second-order valence-electron chi connectivity index (χ2n) is 7.96. The molecule has 0 spiro atoms. The van der Waals surface area contributed by atoms with Crippen molar-refractivity contribution in [3.8, 4) is 0 Å². The number of carbonyl (C=O) groups is 1. The molecule has 3 heterocycles. The van der Waals surface area contributed by atoms with Gasteiger partial charge >= 0.3 is 5.97 Å². The Morgan fingerprint density at radius 3 is 2.65 bits per heavy atom. The molecule has 1 aromatic carbocycles. The molecule has 0 saturated carbocycles. The number of sulfone groups is 1. The first-order valence-electron chi connectivity index (χ1n) is 10.3. The Bertz CT molecular complexity index is 1060. The van der Waals surface area contributed by atoms with Crippen LogP contribution in [-0.4, -0.2) is 62.3 Å². The van der Waals surface area contributed by atoms with Crippen LogP contribution in [0.25, 0.3) is 0 Å². The zero-order valence-electron chi connectivity index (χ0n) is 17.5. The summed E-state index contributed by atoms with van der Waals surface area (Å²) in [5.74, 6) is 0.269. The van der Waals surface area contributed by atoms with Gasteiger partial charge in [0.1, 0.15) is 11.9 Å². The molecule has 2 aromatic rings. The van der Waals surface area contributed by atoms with Crippen LogP contribution in [0.1, 0.15) is 31.0 Å². The molecular formula is C21H26ClN3O5S. The van der Waals surface area contributed by atoms with Gasteiger partial charge in [0.05, 0.1) is 34.0 Å². The third-order valence-corrected chi connectivity index (χ3v) is 8.62. The summed E-state index contributed by atoms with van der Waals surface area (Å²) in [6, 6.07) is 7.71. The number of anilines is 1. The lowest BCUT2D eigenvalue weighted by atomic mass is 10.1. The second-order valence-corrected chi connectivity index (χ2v) is 10.6. The number of esters is 1. The Balaban J connectivity index is 1.71. The molecule has 2 aliphatic rings. The van der Waals surface area contributed by atoms with Gasteiger partial charge in [-0.15, -0.1) is 0 Å². The molecule has 10 heteroatoms. The molecule has 2 aliphatic heterocycles. The first kappa shape index (κ1) is 22.1. The van der Waals surface area contributed by atoms with Crippen LogP contribution in [0, 0.1) is 6.92 Å². The summed E-state index contributed by atoms with van der Waals surface area (Å²) in [4.78, 5) is 14.5. The summed E-state index contributed by atoms with van der Waals surface area (Å²) in [5.41, 5.74) is 0.808. The number of aryl methyl sites for hydroxylation is 1. The van der Waals surface area contributed by atoms with E-state index in [1.165, 1.54) is 13.2 Å². The van der Waals surface area contributed by atoms with E-state index in [2.05, 4.69) is 5.10 Å². The smallest absolute Gasteiger partial charge is 0.328 e. The Labute approximate surface area is 187 Å². The molecule has 2 saturated heterocycles. The van der Waals surface area contributed by atoms with Crippen LogP contribution in [0.3, 0.4) is 0 Å². The summed E-state index contributed by atoms with van der Waals surface area (Å²) in [5, 5.41) is 4.04. The van der Waals surface area contributed by atoms with Crippen molar-refractivity contribution in [3.05, 3.63) is 41.0 Å². The van der Waals surface area contributed by atoms with Gasteiger partial charge in [-0.3, -0.25) is 0 Å². The van der Waals surface area contributed by atoms with E-state index in [1.807, 2.05) is 22.6 Å². The molecule has 4 rings (SSSR count). The SMILES string of the molecule is COC(=O)C1C[C@@H](S(=O)(=O)c2ccccc2Cl)CN1c1cc(C)nn1C1CCOCC1. The third-order valence-electron chi connectivity index (χ3n) is 5.99. The van der Waals surface area contributed by atoms with E-state index >= 15 is 0 Å². The molecule has 1 unspecified atom stereocenters. The molecule has 0 N–H and O–H groups in total. The van der Waals surface area contributed by atoms with Gasteiger partial charge in [0.25, 0.3) is 0 Å². The van der Waals surface area contributed by atoms with Crippen LogP contribution in [0.4, 0.5) is 5.82 Å². The molecule has 0 radical (unpaired) electrons. The monoisotopic (exact) mass is 467 g/mol. The molecule has 0 aliphatic carbocycles. The highest BCUT2D eigenvalue weighted by Gasteiger charge is 2.45. The van der Waals surface area contributed by atoms with Crippen molar-refractivity contribution >= 4 is 33.2 Å². The molecule has 2 fully saturated rings. The molecule has 2 atom stereocenters. The highest BCUT2D eigenvalue weighted by atomic mass is 35.5. The third kappa shape index (κ3) is 4.18. The van der Waals surface area contributed by atoms with Crippen molar-refractivity contribution in [3.63, 3.8) is 0 Å². The van der Waals surface area contributed by atoms with Gasteiger partial charge in [-0.1, -0.05) is 23.7 Å². The summed E-state index contributed by atoms with van der Waals surface area (Å²) in [6.07, 6.45) is 1.75. The van der Waals surface area contributed by atoms with Crippen molar-refractivity contribution in [1.29, 1.82) is 0 Å². The Morgan fingerprint density at radius 2 is 1.97 bits per heavy atom. The van der Waals surface area contributed by atoms with Crippen molar-refractivity contribution in [1.82, 2.24) is 9.78 Å². The zero-order chi connectivity index (χ0) is 22.2. The fourth-order valence-electron chi connectivity index (χ4n) is 4.41. The maximum absolute atomic E-state index is 13.4. The molecule has 168 valence electrons. The number of hydrogen-bond donors (Lipinski definition) is 0. The number of rotatable bonds is 5. The molecule has 31 heavy (non-hydrogen) atoms. The van der Waals surface area contributed by atoms with E-state index in [0.717, 1.165) is 24.4 Å². The highest BCUT2D eigenvalue weighted by Crippen LogP contribution is 2.36. The van der Waals surface area contributed by atoms with Gasteiger partial charge < -0.3 is 14.4 Å². The number of halogens is 1. The molecule has 8 nitrogen and oxygen atoms in total. The maximum Gasteiger partial charge on any atom is 0.328 e. The maximum atomic E-state index is 13.4. The largest absolute Gasteiger partial charge is 0.467 e. The van der Waals surface area contributed by atoms with E-state index in [4.69, 9.17) is 21.1 Å². The number of hydrogen-bond acceptors (Lipinski definition) is 7. The lowest BCUT2D eigenvalue weighted by Gasteiger charge is -2.29. The summed E-state index contributed by atoms with van der Waals surface area (Å²) in [7, 11) is -2.43. The standard InChI is InChI=1S/C21H26ClN3O5S/c1-14-11-20(25(23-14)15-7-9-30-10-8-15)24-13-16(12-18(24)21(26)29-2)31(27,28)19-6-4-3-5-17(19)22/h3-6,11,15-16,18H,7-10,12-13H2,1-2H3/t16-,18?/m1/s1. The summed E-state index contributed by atoms with van der Waals surface area (Å²) < 4.78 is 39.2. The number of nitrogens with zero attached hydrogens (tertiary/aromatic N) is 3. The van der Waals surface area contributed by atoms with E-state index < -0.39 is 27.1 Å². The molecule has 0 amide bonds. The Kier molecular flexibility index (Phi) is 6.27. The van der Waals surface area contributed by atoms with E-state index in [0.29, 0.717) is 13.2 Å². The molecule has 1 aromatic heterocycles. The number of aromatic nitrogens is 2. The van der Waals surface area contributed by atoms with Crippen LogP contribution in [-0.2, 0) is 24.1 Å². The summed E-state index contributed by atoms with van der Waals surface area (Å²) >= 11 is 6.19. The minimum absolute atomic E-state index is 0.0845. The van der Waals surface area contributed by atoms with Gasteiger partial charge in [-0.05, 0) is 38.3 Å². The predicted octanol–water partition coefficient (Wildman–Crippen LogP) is 2.79. The van der Waals surface area contributed by atoms with Crippen LogP contribution in [0.2, 0.25) is 5.02 Å². The van der Waals surface area contributed by atoms with Crippen LogP contribution in [0.5, 0.6) is 0 Å². The lowest BCUT2D eigenvalue weighted by molar-refractivity contribution is -0.141. The Hall–Kier alpha value is -2.10. The average molecular weight is 468 g/mol.